The van der Waals surface area contributed by atoms with Crippen LogP contribution in [0.25, 0.3) is 0 Å². The van der Waals surface area contributed by atoms with Gasteiger partial charge in [-0.25, -0.2) is 9.18 Å². The van der Waals surface area contributed by atoms with Crippen molar-refractivity contribution in [3.8, 4) is 0 Å². The number of aryl methyl sites for hydroxylation is 1. The van der Waals surface area contributed by atoms with Gasteiger partial charge in [0.05, 0.1) is 0 Å². The van der Waals surface area contributed by atoms with Crippen molar-refractivity contribution in [2.24, 2.45) is 5.92 Å². The molecule has 1 aliphatic rings. The highest BCUT2D eigenvalue weighted by molar-refractivity contribution is 7.15. The van der Waals surface area contributed by atoms with E-state index in [4.69, 9.17) is 0 Å². The number of hydrogen-bond donors (Lipinski definition) is 1. The molecule has 0 bridgehead atoms. The summed E-state index contributed by atoms with van der Waals surface area (Å²) in [6.07, 6.45) is 2.93. The van der Waals surface area contributed by atoms with Gasteiger partial charge < -0.3 is 4.90 Å². The molecule has 2 amide bonds. The largest absolute Gasteiger partial charge is 0.324 e. The zero-order valence-corrected chi connectivity index (χ0v) is 13.8. The van der Waals surface area contributed by atoms with Crippen LogP contribution in [0, 0.1) is 18.7 Å². The molecule has 2 heterocycles. The molecule has 1 atom stereocenters. The third-order valence-electron chi connectivity index (χ3n) is 3.98. The average molecular weight is 334 g/mol. The Hall–Kier alpha value is -2.02. The zero-order chi connectivity index (χ0) is 16.2. The molecule has 23 heavy (non-hydrogen) atoms. The smallest absolute Gasteiger partial charge is 0.323 e. The Morgan fingerprint density at radius 3 is 2.87 bits per heavy atom. The summed E-state index contributed by atoms with van der Waals surface area (Å²) in [6, 6.07) is 6.49. The van der Waals surface area contributed by atoms with Gasteiger partial charge >= 0.3 is 6.03 Å². The fraction of sp³-hybridized carbons (Fsp3) is 0.438. The van der Waals surface area contributed by atoms with E-state index in [2.05, 4.69) is 15.5 Å². The number of anilines is 1. The van der Waals surface area contributed by atoms with Crippen molar-refractivity contribution in [3.05, 3.63) is 40.7 Å². The van der Waals surface area contributed by atoms with Crippen molar-refractivity contribution >= 4 is 22.5 Å². The van der Waals surface area contributed by atoms with Crippen LogP contribution >= 0.6 is 11.3 Å². The van der Waals surface area contributed by atoms with Crippen molar-refractivity contribution in [3.63, 3.8) is 0 Å². The van der Waals surface area contributed by atoms with E-state index in [9.17, 15) is 9.18 Å². The van der Waals surface area contributed by atoms with E-state index in [1.807, 2.05) is 24.0 Å². The molecule has 1 N–H and O–H groups in total. The summed E-state index contributed by atoms with van der Waals surface area (Å²) in [4.78, 5) is 14.2. The lowest BCUT2D eigenvalue weighted by atomic mass is 9.91. The second-order valence-electron chi connectivity index (χ2n) is 5.84. The first-order valence-electron chi connectivity index (χ1n) is 7.70. The number of carbonyl (C=O) groups excluding carboxylic acids is 1. The van der Waals surface area contributed by atoms with Gasteiger partial charge in [0, 0.05) is 13.1 Å². The normalized spacial score (nSPS) is 18.0. The van der Waals surface area contributed by atoms with Gasteiger partial charge in [-0.3, -0.25) is 5.32 Å². The number of urea groups is 1. The molecule has 1 aromatic carbocycles. The number of aromatic nitrogens is 2. The van der Waals surface area contributed by atoms with Gasteiger partial charge in [-0.1, -0.05) is 23.5 Å². The summed E-state index contributed by atoms with van der Waals surface area (Å²) in [5.74, 6) is 0.182. The number of piperidine rings is 1. The van der Waals surface area contributed by atoms with Gasteiger partial charge in [-0.05, 0) is 49.8 Å². The maximum atomic E-state index is 13.0. The first-order chi connectivity index (χ1) is 11.1. The van der Waals surface area contributed by atoms with Crippen LogP contribution in [0.5, 0.6) is 0 Å². The summed E-state index contributed by atoms with van der Waals surface area (Å²) in [5, 5.41) is 12.0. The van der Waals surface area contributed by atoms with Gasteiger partial charge in [0.15, 0.2) is 0 Å². The highest BCUT2D eigenvalue weighted by atomic mass is 32.1. The Kier molecular flexibility index (Phi) is 4.85. The quantitative estimate of drug-likeness (QED) is 0.935. The van der Waals surface area contributed by atoms with Crippen LogP contribution in [0.1, 0.15) is 23.4 Å². The van der Waals surface area contributed by atoms with Gasteiger partial charge in [-0.15, -0.1) is 10.2 Å². The summed E-state index contributed by atoms with van der Waals surface area (Å²) >= 11 is 1.37. The molecular weight excluding hydrogens is 315 g/mol. The number of rotatable bonds is 3. The molecule has 0 aliphatic carbocycles. The van der Waals surface area contributed by atoms with Crippen LogP contribution in [0.15, 0.2) is 24.3 Å². The Labute approximate surface area is 138 Å². The van der Waals surface area contributed by atoms with Gasteiger partial charge in [0.2, 0.25) is 5.13 Å². The Morgan fingerprint density at radius 2 is 2.17 bits per heavy atom. The SMILES string of the molecule is Cc1nnc(NC(=O)N2CCCC(Cc3ccc(F)cc3)C2)s1. The third-order valence-corrected chi connectivity index (χ3v) is 4.74. The molecule has 1 unspecified atom stereocenters. The predicted octanol–water partition coefficient (Wildman–Crippen LogP) is 3.47. The second-order valence-corrected chi connectivity index (χ2v) is 7.02. The van der Waals surface area contributed by atoms with Crippen molar-refractivity contribution in [1.82, 2.24) is 15.1 Å². The first kappa shape index (κ1) is 15.9. The monoisotopic (exact) mass is 334 g/mol. The summed E-state index contributed by atoms with van der Waals surface area (Å²) in [6.45, 7) is 3.32. The topological polar surface area (TPSA) is 58.1 Å². The van der Waals surface area contributed by atoms with E-state index in [-0.39, 0.29) is 11.8 Å². The molecule has 1 fully saturated rings. The van der Waals surface area contributed by atoms with Gasteiger partial charge in [0.25, 0.3) is 0 Å². The van der Waals surface area contributed by atoms with Crippen molar-refractivity contribution in [2.45, 2.75) is 26.2 Å². The molecule has 5 nitrogen and oxygen atoms in total. The van der Waals surface area contributed by atoms with Crippen LogP contribution in [0.4, 0.5) is 14.3 Å². The molecule has 0 saturated carbocycles. The molecule has 3 rings (SSSR count). The number of benzene rings is 1. The average Bonchev–Trinajstić information content (AvgIpc) is 2.95. The van der Waals surface area contributed by atoms with Crippen molar-refractivity contribution in [2.75, 3.05) is 18.4 Å². The van der Waals surface area contributed by atoms with Crippen LogP contribution in [0.2, 0.25) is 0 Å². The highest BCUT2D eigenvalue weighted by Crippen LogP contribution is 2.22. The van der Waals surface area contributed by atoms with Crippen LogP contribution < -0.4 is 5.32 Å². The second kappa shape index (κ2) is 7.04. The molecule has 1 aliphatic heterocycles. The number of halogens is 1. The number of nitrogens with zero attached hydrogens (tertiary/aromatic N) is 3. The molecule has 1 aromatic heterocycles. The molecule has 7 heteroatoms. The van der Waals surface area contributed by atoms with Gasteiger partial charge in [-0.2, -0.15) is 0 Å². The summed E-state index contributed by atoms with van der Waals surface area (Å²) in [5.41, 5.74) is 1.11. The van der Waals surface area contributed by atoms with Crippen molar-refractivity contribution in [1.29, 1.82) is 0 Å². The highest BCUT2D eigenvalue weighted by Gasteiger charge is 2.24. The van der Waals surface area contributed by atoms with E-state index in [0.29, 0.717) is 17.6 Å². The number of hydrogen-bond acceptors (Lipinski definition) is 4. The van der Waals surface area contributed by atoms with E-state index in [1.54, 1.807) is 0 Å². The van der Waals surface area contributed by atoms with E-state index in [0.717, 1.165) is 36.4 Å². The fourth-order valence-electron chi connectivity index (χ4n) is 2.89. The van der Waals surface area contributed by atoms with Gasteiger partial charge in [0.1, 0.15) is 10.8 Å². The minimum atomic E-state index is -0.217. The predicted molar refractivity (Wildman–Crippen MR) is 88.1 cm³/mol. The first-order valence-corrected chi connectivity index (χ1v) is 8.52. The zero-order valence-electron chi connectivity index (χ0n) is 13.0. The minimum absolute atomic E-state index is 0.120. The Bertz CT molecular complexity index is 673. The van der Waals surface area contributed by atoms with Crippen LogP contribution in [-0.4, -0.2) is 34.2 Å². The van der Waals surface area contributed by atoms with E-state index in [1.165, 1.54) is 23.5 Å². The van der Waals surface area contributed by atoms with Crippen LogP contribution in [-0.2, 0) is 6.42 Å². The lowest BCUT2D eigenvalue weighted by molar-refractivity contribution is 0.177. The van der Waals surface area contributed by atoms with E-state index < -0.39 is 0 Å². The molecular formula is C16H19FN4OS. The Morgan fingerprint density at radius 1 is 1.39 bits per heavy atom. The third kappa shape index (κ3) is 4.25. The maximum Gasteiger partial charge on any atom is 0.323 e. The lowest BCUT2D eigenvalue weighted by Gasteiger charge is -2.32. The van der Waals surface area contributed by atoms with E-state index >= 15 is 0 Å². The number of carbonyl (C=O) groups is 1. The molecule has 1 saturated heterocycles. The maximum absolute atomic E-state index is 13.0. The Balaban J connectivity index is 1.57. The number of nitrogens with one attached hydrogen (secondary N) is 1. The molecule has 122 valence electrons. The standard InChI is InChI=1S/C16H19FN4OS/c1-11-19-20-15(23-11)18-16(22)21-8-2-3-13(10-21)9-12-4-6-14(17)7-5-12/h4-7,13H,2-3,8-10H2,1H3,(H,18,20,22). The summed E-state index contributed by atoms with van der Waals surface area (Å²) < 4.78 is 13.0. The lowest BCUT2D eigenvalue weighted by Crippen LogP contribution is -2.42. The number of amides is 2. The van der Waals surface area contributed by atoms with Crippen molar-refractivity contribution < 1.29 is 9.18 Å². The van der Waals surface area contributed by atoms with Crippen LogP contribution in [0.3, 0.4) is 0 Å². The minimum Gasteiger partial charge on any atom is -0.324 e. The molecule has 0 radical (unpaired) electrons. The fourth-order valence-corrected chi connectivity index (χ4v) is 3.47. The number of likely N-dealkylation sites (tertiary alicyclic amines) is 1. The molecule has 0 spiro atoms. The summed E-state index contributed by atoms with van der Waals surface area (Å²) in [7, 11) is 0. The molecule has 2 aromatic rings.